The van der Waals surface area contributed by atoms with E-state index in [1.165, 1.54) is 6.08 Å². The fourth-order valence-electron chi connectivity index (χ4n) is 0.663. The van der Waals surface area contributed by atoms with Gasteiger partial charge in [-0.25, -0.2) is 4.79 Å². The quantitative estimate of drug-likeness (QED) is 0.159. The van der Waals surface area contributed by atoms with Gasteiger partial charge >= 0.3 is 25.4 Å². The second kappa shape index (κ2) is 16.0. The van der Waals surface area contributed by atoms with Crippen LogP contribution in [0.2, 0.25) is 0 Å². The Morgan fingerprint density at radius 2 is 2.14 bits per heavy atom. The van der Waals surface area contributed by atoms with Crippen LogP contribution in [0.4, 0.5) is 0 Å². The molecular weight excluding hydrogens is 344 g/mol. The first-order chi connectivity index (χ1) is 5.81. The molecule has 0 saturated carbocycles. The van der Waals surface area contributed by atoms with Gasteiger partial charge in [0.1, 0.15) is 0 Å². The summed E-state index contributed by atoms with van der Waals surface area (Å²) < 4.78 is 4.88. The van der Waals surface area contributed by atoms with Crippen LogP contribution in [0.15, 0.2) is 12.2 Å². The third-order valence-corrected chi connectivity index (χ3v) is 1.37. The van der Waals surface area contributed by atoms with E-state index in [-0.39, 0.29) is 49.4 Å². The molecule has 14 heavy (non-hydrogen) atoms. The summed E-state index contributed by atoms with van der Waals surface area (Å²) in [6, 6.07) is 0. The van der Waals surface area contributed by atoms with Crippen molar-refractivity contribution >= 4 is 5.97 Å². The third-order valence-electron chi connectivity index (χ3n) is 1.37. The second-order valence-electron chi connectivity index (χ2n) is 2.57. The summed E-state index contributed by atoms with van der Waals surface area (Å²) in [6.45, 7) is 6.25. The van der Waals surface area contributed by atoms with Gasteiger partial charge in [-0.3, -0.25) is 0 Å². The molecule has 0 aromatic rings. The predicted molar refractivity (Wildman–Crippen MR) is 49.6 cm³/mol. The van der Waals surface area contributed by atoms with E-state index in [9.17, 15) is 4.79 Å². The normalized spacial score (nSPS) is 9.00. The standard InChI is InChI=1S/C10H17O2.HI.Zn/c1-3-5-7-8-10(11)12-9-6-4-2;;/h7-8H,1,3-6,9H2,2H3;1H;/q-1;;+2/p-1/b8-7+;;. The smallest absolute Gasteiger partial charge is 1.00 e. The number of carbonyl (C=O) groups excluding carboxylic acids is 1. The number of unbranched alkanes of at least 4 members (excludes halogenated alkanes) is 2. The molecule has 0 aromatic carbocycles. The van der Waals surface area contributed by atoms with E-state index in [1.807, 2.05) is 0 Å². The third kappa shape index (κ3) is 15.1. The van der Waals surface area contributed by atoms with E-state index in [2.05, 4.69) is 13.8 Å². The van der Waals surface area contributed by atoms with Crippen molar-refractivity contribution in [1.82, 2.24) is 0 Å². The van der Waals surface area contributed by atoms with Gasteiger partial charge < -0.3 is 35.6 Å². The number of rotatable bonds is 6. The van der Waals surface area contributed by atoms with Gasteiger partial charge in [-0.05, 0) is 6.42 Å². The van der Waals surface area contributed by atoms with Crippen LogP contribution in [0.3, 0.4) is 0 Å². The molecule has 0 aliphatic heterocycles. The monoisotopic (exact) mass is 360 g/mol. The van der Waals surface area contributed by atoms with Gasteiger partial charge in [-0.2, -0.15) is 6.42 Å². The molecular formula is C10H17IO2Zn. The van der Waals surface area contributed by atoms with Crippen molar-refractivity contribution in [3.63, 3.8) is 0 Å². The minimum Gasteiger partial charge on any atom is -1.00 e. The zero-order valence-electron chi connectivity index (χ0n) is 8.80. The van der Waals surface area contributed by atoms with Crippen LogP contribution in [0, 0.1) is 6.92 Å². The molecule has 4 heteroatoms. The van der Waals surface area contributed by atoms with Crippen molar-refractivity contribution in [3.05, 3.63) is 19.1 Å². The maximum atomic E-state index is 10.9. The van der Waals surface area contributed by atoms with E-state index in [1.54, 1.807) is 6.08 Å². The molecule has 0 atom stereocenters. The van der Waals surface area contributed by atoms with Crippen LogP contribution in [0.5, 0.6) is 0 Å². The summed E-state index contributed by atoms with van der Waals surface area (Å²) in [4.78, 5) is 10.9. The largest absolute Gasteiger partial charge is 2.00 e. The number of hydrogen-bond donors (Lipinski definition) is 0. The molecule has 0 saturated heterocycles. The maximum Gasteiger partial charge on any atom is 2.00 e. The van der Waals surface area contributed by atoms with Gasteiger partial charge in [-0.15, -0.1) is 0 Å². The summed E-state index contributed by atoms with van der Waals surface area (Å²) in [5.41, 5.74) is 0. The molecule has 2 nitrogen and oxygen atoms in total. The van der Waals surface area contributed by atoms with E-state index < -0.39 is 0 Å². The van der Waals surface area contributed by atoms with Crippen molar-refractivity contribution in [2.75, 3.05) is 6.61 Å². The summed E-state index contributed by atoms with van der Waals surface area (Å²) in [5.74, 6) is -0.239. The Balaban J connectivity index is -0.000000605. The maximum absolute atomic E-state index is 10.9. The van der Waals surface area contributed by atoms with Crippen molar-refractivity contribution in [3.8, 4) is 0 Å². The molecule has 0 aliphatic carbocycles. The molecule has 78 valence electrons. The first-order valence-electron chi connectivity index (χ1n) is 4.43. The molecule has 0 rings (SSSR count). The summed E-state index contributed by atoms with van der Waals surface area (Å²) in [6.07, 6.45) is 6.91. The molecule has 0 amide bonds. The van der Waals surface area contributed by atoms with Crippen molar-refractivity contribution in [2.45, 2.75) is 32.6 Å². The SMILES string of the molecule is [CH2-]CC/C=C/C(=O)OCCCC.[I-].[Zn+2]. The zero-order chi connectivity index (χ0) is 9.23. The number of hydrogen-bond acceptors (Lipinski definition) is 2. The Hall–Kier alpha value is 0.563. The van der Waals surface area contributed by atoms with Crippen LogP contribution < -0.4 is 24.0 Å². The molecule has 0 radical (unpaired) electrons. The summed E-state index contributed by atoms with van der Waals surface area (Å²) in [5, 5.41) is 0. The Bertz CT molecular complexity index is 149. The Morgan fingerprint density at radius 3 is 2.64 bits per heavy atom. The number of allylic oxidation sites excluding steroid dienone is 1. The fourth-order valence-corrected chi connectivity index (χ4v) is 0.663. The topological polar surface area (TPSA) is 26.3 Å². The van der Waals surface area contributed by atoms with Crippen LogP contribution >= 0.6 is 0 Å². The van der Waals surface area contributed by atoms with Crippen LogP contribution in [0.1, 0.15) is 32.6 Å². The summed E-state index contributed by atoms with van der Waals surface area (Å²) >= 11 is 0. The minimum absolute atomic E-state index is 0. The molecule has 0 aliphatic rings. The Morgan fingerprint density at radius 1 is 1.50 bits per heavy atom. The first-order valence-corrected chi connectivity index (χ1v) is 4.43. The van der Waals surface area contributed by atoms with Gasteiger partial charge in [0.25, 0.3) is 0 Å². The molecule has 0 aromatic heterocycles. The molecule has 0 heterocycles. The molecule has 0 spiro atoms. The minimum atomic E-state index is -0.239. The van der Waals surface area contributed by atoms with Gasteiger partial charge in [0.15, 0.2) is 0 Å². The molecule has 0 fully saturated rings. The number of esters is 1. The number of ether oxygens (including phenoxy) is 1. The van der Waals surface area contributed by atoms with Crippen LogP contribution in [0.25, 0.3) is 0 Å². The average molecular weight is 362 g/mol. The summed E-state index contributed by atoms with van der Waals surface area (Å²) in [7, 11) is 0. The van der Waals surface area contributed by atoms with Gasteiger partial charge in [-0.1, -0.05) is 25.8 Å². The van der Waals surface area contributed by atoms with E-state index in [0.717, 1.165) is 25.7 Å². The predicted octanol–water partition coefficient (Wildman–Crippen LogP) is -0.498. The second-order valence-corrected chi connectivity index (χ2v) is 2.57. The van der Waals surface area contributed by atoms with Gasteiger partial charge in [0.05, 0.1) is 6.61 Å². The first kappa shape index (κ1) is 20.0. The zero-order valence-corrected chi connectivity index (χ0v) is 13.9. The van der Waals surface area contributed by atoms with Crippen LogP contribution in [-0.4, -0.2) is 12.6 Å². The fraction of sp³-hybridized carbons (Fsp3) is 0.600. The molecule has 0 bridgehead atoms. The molecule has 0 unspecified atom stereocenters. The van der Waals surface area contributed by atoms with Crippen molar-refractivity contribution < 1.29 is 53.0 Å². The van der Waals surface area contributed by atoms with Crippen molar-refractivity contribution in [2.24, 2.45) is 0 Å². The van der Waals surface area contributed by atoms with E-state index in [0.29, 0.717) is 6.61 Å². The van der Waals surface area contributed by atoms with Crippen molar-refractivity contribution in [1.29, 1.82) is 0 Å². The van der Waals surface area contributed by atoms with E-state index >= 15 is 0 Å². The Kier molecular flexibility index (Phi) is 22.9. The van der Waals surface area contributed by atoms with Gasteiger partial charge in [0.2, 0.25) is 0 Å². The Labute approximate surface area is 117 Å². The molecule has 0 N–H and O–H groups in total. The number of carbonyl (C=O) groups is 1. The van der Waals surface area contributed by atoms with Crippen LogP contribution in [-0.2, 0) is 29.0 Å². The number of halogens is 1. The average Bonchev–Trinajstić information content (AvgIpc) is 2.06. The van der Waals surface area contributed by atoms with Gasteiger partial charge in [0, 0.05) is 6.08 Å². The van der Waals surface area contributed by atoms with E-state index in [4.69, 9.17) is 4.74 Å².